The minimum atomic E-state index is -0.367. The van der Waals surface area contributed by atoms with Gasteiger partial charge in [-0.05, 0) is 24.3 Å². The fourth-order valence-corrected chi connectivity index (χ4v) is 3.43. The molecule has 0 bridgehead atoms. The Kier molecular flexibility index (Phi) is 5.35. The predicted octanol–water partition coefficient (Wildman–Crippen LogP) is 4.48. The molecule has 1 amide bonds. The first-order chi connectivity index (χ1) is 11.7. The van der Waals surface area contributed by atoms with Crippen LogP contribution >= 0.6 is 23.1 Å². The number of rotatable bonds is 5. The van der Waals surface area contributed by atoms with E-state index < -0.39 is 0 Å². The number of hydrogen-bond acceptors (Lipinski definition) is 5. The van der Waals surface area contributed by atoms with Crippen LogP contribution in [0.2, 0.25) is 0 Å². The Morgan fingerprint density at radius 1 is 1.17 bits per heavy atom. The van der Waals surface area contributed by atoms with Crippen molar-refractivity contribution in [1.29, 1.82) is 0 Å². The summed E-state index contributed by atoms with van der Waals surface area (Å²) >= 11 is 2.85. The summed E-state index contributed by atoms with van der Waals surface area (Å²) in [5.74, 6) is -0.697. The van der Waals surface area contributed by atoms with E-state index in [4.69, 9.17) is 0 Å². The highest BCUT2D eigenvalue weighted by atomic mass is 32.2. The molecule has 1 N–H and O–H groups in total. The summed E-state index contributed by atoms with van der Waals surface area (Å²) in [5.41, 5.74) is 2.69. The SMILES string of the molecule is O=C(/C=C/c1ccccc1F)Nc1ccccc1Sc1nncs1. The number of nitrogens with one attached hydrogen (secondary N) is 1. The second-order valence-electron chi connectivity index (χ2n) is 4.65. The molecule has 3 aromatic rings. The number of benzene rings is 2. The number of hydrogen-bond donors (Lipinski definition) is 1. The fraction of sp³-hybridized carbons (Fsp3) is 0. The van der Waals surface area contributed by atoms with E-state index in [2.05, 4.69) is 15.5 Å². The molecule has 1 heterocycles. The van der Waals surface area contributed by atoms with Crippen molar-refractivity contribution in [3.8, 4) is 0 Å². The van der Waals surface area contributed by atoms with E-state index in [0.29, 0.717) is 11.3 Å². The number of carbonyl (C=O) groups excluding carboxylic acids is 1. The van der Waals surface area contributed by atoms with Gasteiger partial charge in [-0.3, -0.25) is 4.79 Å². The maximum atomic E-state index is 13.5. The van der Waals surface area contributed by atoms with Crippen LogP contribution in [-0.2, 0) is 4.79 Å². The lowest BCUT2D eigenvalue weighted by molar-refractivity contribution is -0.111. The van der Waals surface area contributed by atoms with Gasteiger partial charge in [-0.1, -0.05) is 53.4 Å². The Labute approximate surface area is 146 Å². The lowest BCUT2D eigenvalue weighted by atomic mass is 10.2. The van der Waals surface area contributed by atoms with E-state index >= 15 is 0 Å². The minimum Gasteiger partial charge on any atom is -0.321 e. The molecule has 0 saturated carbocycles. The summed E-state index contributed by atoms with van der Waals surface area (Å²) in [6.45, 7) is 0. The monoisotopic (exact) mass is 357 g/mol. The molecular weight excluding hydrogens is 345 g/mol. The van der Waals surface area contributed by atoms with E-state index in [0.717, 1.165) is 9.24 Å². The van der Waals surface area contributed by atoms with Gasteiger partial charge in [0, 0.05) is 16.5 Å². The molecule has 4 nitrogen and oxygen atoms in total. The van der Waals surface area contributed by atoms with Crippen molar-refractivity contribution in [3.63, 3.8) is 0 Å². The van der Waals surface area contributed by atoms with Crippen molar-refractivity contribution in [3.05, 3.63) is 71.5 Å². The van der Waals surface area contributed by atoms with Crippen molar-refractivity contribution in [1.82, 2.24) is 10.2 Å². The van der Waals surface area contributed by atoms with Crippen LogP contribution in [0.1, 0.15) is 5.56 Å². The second kappa shape index (κ2) is 7.85. The number of para-hydroxylation sites is 1. The molecule has 7 heteroatoms. The van der Waals surface area contributed by atoms with E-state index in [1.807, 2.05) is 18.2 Å². The van der Waals surface area contributed by atoms with Gasteiger partial charge in [0.1, 0.15) is 11.3 Å². The van der Waals surface area contributed by atoms with Crippen LogP contribution in [0.3, 0.4) is 0 Å². The van der Waals surface area contributed by atoms with Gasteiger partial charge in [0.05, 0.1) is 5.69 Å². The molecule has 0 aliphatic carbocycles. The molecule has 0 atom stereocenters. The molecule has 0 aliphatic rings. The van der Waals surface area contributed by atoms with Crippen molar-refractivity contribution >= 4 is 40.8 Å². The maximum absolute atomic E-state index is 13.5. The first kappa shape index (κ1) is 16.4. The number of amides is 1. The molecule has 24 heavy (non-hydrogen) atoms. The number of carbonyl (C=O) groups is 1. The zero-order valence-electron chi connectivity index (χ0n) is 12.3. The molecule has 0 spiro atoms. The van der Waals surface area contributed by atoms with Crippen molar-refractivity contribution in [2.45, 2.75) is 9.24 Å². The number of halogens is 1. The van der Waals surface area contributed by atoms with Gasteiger partial charge in [0.2, 0.25) is 5.91 Å². The highest BCUT2D eigenvalue weighted by Crippen LogP contribution is 2.33. The maximum Gasteiger partial charge on any atom is 0.248 e. The smallest absolute Gasteiger partial charge is 0.248 e. The van der Waals surface area contributed by atoms with Gasteiger partial charge in [-0.2, -0.15) is 0 Å². The highest BCUT2D eigenvalue weighted by molar-refractivity contribution is 8.01. The predicted molar refractivity (Wildman–Crippen MR) is 94.5 cm³/mol. The van der Waals surface area contributed by atoms with E-state index in [1.165, 1.54) is 41.3 Å². The molecule has 3 rings (SSSR count). The first-order valence-electron chi connectivity index (χ1n) is 6.99. The lowest BCUT2D eigenvalue weighted by Gasteiger charge is -2.07. The minimum absolute atomic E-state index is 0.330. The van der Waals surface area contributed by atoms with Crippen LogP contribution in [0.5, 0.6) is 0 Å². The van der Waals surface area contributed by atoms with Gasteiger partial charge in [-0.15, -0.1) is 10.2 Å². The van der Waals surface area contributed by atoms with Crippen molar-refractivity contribution < 1.29 is 9.18 Å². The summed E-state index contributed by atoms with van der Waals surface area (Å²) in [5, 5.41) is 10.6. The zero-order chi connectivity index (χ0) is 16.8. The number of aromatic nitrogens is 2. The summed E-state index contributed by atoms with van der Waals surface area (Å²) < 4.78 is 14.3. The average Bonchev–Trinajstić information content (AvgIpc) is 3.09. The summed E-state index contributed by atoms with van der Waals surface area (Å²) in [4.78, 5) is 13.0. The Balaban J connectivity index is 1.72. The second-order valence-corrected chi connectivity index (χ2v) is 6.77. The molecule has 0 radical (unpaired) electrons. The zero-order valence-corrected chi connectivity index (χ0v) is 14.0. The topological polar surface area (TPSA) is 54.9 Å². The van der Waals surface area contributed by atoms with Gasteiger partial charge in [-0.25, -0.2) is 4.39 Å². The Morgan fingerprint density at radius 3 is 2.75 bits per heavy atom. The van der Waals surface area contributed by atoms with Crippen LogP contribution < -0.4 is 5.32 Å². The molecular formula is C17H12FN3OS2. The summed E-state index contributed by atoms with van der Waals surface area (Å²) in [6, 6.07) is 13.7. The van der Waals surface area contributed by atoms with Crippen LogP contribution in [0.25, 0.3) is 6.08 Å². The third kappa shape index (κ3) is 4.27. The van der Waals surface area contributed by atoms with Crippen LogP contribution in [0.15, 0.2) is 69.4 Å². The van der Waals surface area contributed by atoms with Crippen molar-refractivity contribution in [2.24, 2.45) is 0 Å². The molecule has 0 aliphatic heterocycles. The number of anilines is 1. The molecule has 120 valence electrons. The molecule has 0 saturated heterocycles. The van der Waals surface area contributed by atoms with Crippen LogP contribution in [0, 0.1) is 5.82 Å². The number of nitrogens with zero attached hydrogens (tertiary/aromatic N) is 2. The van der Waals surface area contributed by atoms with Gasteiger partial charge in [0.25, 0.3) is 0 Å². The van der Waals surface area contributed by atoms with E-state index in [9.17, 15) is 9.18 Å². The van der Waals surface area contributed by atoms with Crippen molar-refractivity contribution in [2.75, 3.05) is 5.32 Å². The van der Waals surface area contributed by atoms with E-state index in [-0.39, 0.29) is 11.7 Å². The highest BCUT2D eigenvalue weighted by Gasteiger charge is 2.08. The van der Waals surface area contributed by atoms with Gasteiger partial charge in [0.15, 0.2) is 4.34 Å². The van der Waals surface area contributed by atoms with Gasteiger partial charge < -0.3 is 5.32 Å². The summed E-state index contributed by atoms with van der Waals surface area (Å²) in [7, 11) is 0. The van der Waals surface area contributed by atoms with Gasteiger partial charge >= 0.3 is 0 Å². The largest absolute Gasteiger partial charge is 0.321 e. The molecule has 2 aromatic carbocycles. The third-order valence-electron chi connectivity index (χ3n) is 3.00. The Morgan fingerprint density at radius 2 is 1.96 bits per heavy atom. The normalized spacial score (nSPS) is 10.9. The summed E-state index contributed by atoms with van der Waals surface area (Å²) in [6.07, 6.45) is 2.76. The van der Waals surface area contributed by atoms with Crippen LogP contribution in [-0.4, -0.2) is 16.1 Å². The Bertz CT molecular complexity index is 866. The molecule has 0 unspecified atom stereocenters. The van der Waals surface area contributed by atoms with Crippen LogP contribution in [0.4, 0.5) is 10.1 Å². The lowest BCUT2D eigenvalue weighted by Crippen LogP contribution is -2.08. The van der Waals surface area contributed by atoms with E-state index in [1.54, 1.807) is 29.8 Å². The Hall–Kier alpha value is -2.51. The quantitative estimate of drug-likeness (QED) is 0.684. The molecule has 1 aromatic heterocycles. The average molecular weight is 357 g/mol. The standard InChI is InChI=1S/C17H12FN3OS2/c18-13-6-2-1-5-12(13)9-10-16(22)20-14-7-3-4-8-15(14)24-17-21-19-11-23-17/h1-11H,(H,20,22)/b10-9+. The third-order valence-corrected chi connectivity index (χ3v) is 4.86. The first-order valence-corrected chi connectivity index (χ1v) is 8.68. The fourth-order valence-electron chi connectivity index (χ4n) is 1.91. The molecule has 0 fully saturated rings.